The summed E-state index contributed by atoms with van der Waals surface area (Å²) in [5, 5.41) is 18.3. The summed E-state index contributed by atoms with van der Waals surface area (Å²) in [5.41, 5.74) is 2.32. The third-order valence-electron chi connectivity index (χ3n) is 3.88. The molecule has 0 aromatic heterocycles. The number of carbonyl (C=O) groups is 2. The van der Waals surface area contributed by atoms with Crippen LogP contribution in [0.4, 0.5) is 0 Å². The van der Waals surface area contributed by atoms with Crippen molar-refractivity contribution in [1.29, 1.82) is 0 Å². The van der Waals surface area contributed by atoms with Crippen LogP contribution in [0.3, 0.4) is 0 Å². The van der Waals surface area contributed by atoms with Crippen molar-refractivity contribution >= 4 is 11.9 Å². The predicted molar refractivity (Wildman–Crippen MR) is 70.0 cm³/mol. The standard InChI is InChI=1S/C15H18O4/c16-14(17)13(15(18)19)12-8-4-2-6-10-5-1-3-7-11(10)9-12/h1,3,5,7,12-13H,2,4,6,8-9H2,(H,16,17)(H,18,19). The van der Waals surface area contributed by atoms with E-state index in [1.165, 1.54) is 5.56 Å². The molecule has 4 heteroatoms. The Morgan fingerprint density at radius 2 is 1.68 bits per heavy atom. The van der Waals surface area contributed by atoms with Gasteiger partial charge in [-0.2, -0.15) is 0 Å². The topological polar surface area (TPSA) is 74.6 Å². The van der Waals surface area contributed by atoms with Crippen LogP contribution in [0.1, 0.15) is 30.4 Å². The molecule has 0 radical (unpaired) electrons. The van der Waals surface area contributed by atoms with E-state index in [1.807, 2.05) is 24.3 Å². The summed E-state index contributed by atoms with van der Waals surface area (Å²) in [6.45, 7) is 0. The summed E-state index contributed by atoms with van der Waals surface area (Å²) < 4.78 is 0. The lowest BCUT2D eigenvalue weighted by atomic mass is 9.79. The van der Waals surface area contributed by atoms with Crippen molar-refractivity contribution in [1.82, 2.24) is 0 Å². The number of hydrogen-bond donors (Lipinski definition) is 2. The number of hydrogen-bond acceptors (Lipinski definition) is 2. The van der Waals surface area contributed by atoms with Crippen LogP contribution in [0.15, 0.2) is 24.3 Å². The van der Waals surface area contributed by atoms with Gasteiger partial charge in [0.1, 0.15) is 0 Å². The largest absolute Gasteiger partial charge is 0.481 e. The fourth-order valence-electron chi connectivity index (χ4n) is 2.90. The number of fused-ring (bicyclic) bond motifs is 1. The van der Waals surface area contributed by atoms with Crippen LogP contribution in [-0.2, 0) is 22.4 Å². The molecule has 0 fully saturated rings. The average Bonchev–Trinajstić information content (AvgIpc) is 2.31. The number of carboxylic acid groups (broad SMARTS) is 2. The molecule has 1 aromatic carbocycles. The summed E-state index contributed by atoms with van der Waals surface area (Å²) in [4.78, 5) is 22.3. The number of benzene rings is 1. The monoisotopic (exact) mass is 262 g/mol. The summed E-state index contributed by atoms with van der Waals surface area (Å²) in [6.07, 6.45) is 4.07. The first kappa shape index (κ1) is 13.6. The van der Waals surface area contributed by atoms with Crippen molar-refractivity contribution in [3.63, 3.8) is 0 Å². The minimum Gasteiger partial charge on any atom is -0.481 e. The van der Waals surface area contributed by atoms with E-state index in [4.69, 9.17) is 10.2 Å². The van der Waals surface area contributed by atoms with Crippen molar-refractivity contribution in [3.05, 3.63) is 35.4 Å². The van der Waals surface area contributed by atoms with Gasteiger partial charge < -0.3 is 10.2 Å². The fraction of sp³-hybridized carbons (Fsp3) is 0.467. The molecule has 1 unspecified atom stereocenters. The van der Waals surface area contributed by atoms with E-state index in [2.05, 4.69) is 0 Å². The molecule has 19 heavy (non-hydrogen) atoms. The number of aryl methyl sites for hydroxylation is 1. The second kappa shape index (κ2) is 5.87. The van der Waals surface area contributed by atoms with Gasteiger partial charge in [0.05, 0.1) is 0 Å². The summed E-state index contributed by atoms with van der Waals surface area (Å²) in [6, 6.07) is 7.93. The molecular weight excluding hydrogens is 244 g/mol. The van der Waals surface area contributed by atoms with Crippen LogP contribution in [0.2, 0.25) is 0 Å². The van der Waals surface area contributed by atoms with Gasteiger partial charge in [0.25, 0.3) is 0 Å². The molecule has 1 aliphatic carbocycles. The van der Waals surface area contributed by atoms with Gasteiger partial charge in [0.2, 0.25) is 0 Å². The van der Waals surface area contributed by atoms with Crippen molar-refractivity contribution in [2.24, 2.45) is 11.8 Å². The number of rotatable bonds is 3. The molecule has 0 heterocycles. The molecule has 2 rings (SSSR count). The molecule has 1 aromatic rings. The van der Waals surface area contributed by atoms with Crippen LogP contribution in [-0.4, -0.2) is 22.2 Å². The van der Waals surface area contributed by atoms with Crippen LogP contribution >= 0.6 is 0 Å². The first-order valence-corrected chi connectivity index (χ1v) is 6.62. The summed E-state index contributed by atoms with van der Waals surface area (Å²) >= 11 is 0. The van der Waals surface area contributed by atoms with E-state index >= 15 is 0 Å². The molecule has 1 atom stereocenters. The summed E-state index contributed by atoms with van der Waals surface area (Å²) in [5.74, 6) is -4.08. The Morgan fingerprint density at radius 3 is 2.32 bits per heavy atom. The molecule has 2 N–H and O–H groups in total. The molecule has 102 valence electrons. The SMILES string of the molecule is O=C(O)C(C(=O)O)C1CCCCc2ccccc2C1. The van der Waals surface area contributed by atoms with E-state index in [0.29, 0.717) is 12.8 Å². The normalized spacial score (nSPS) is 19.3. The molecule has 0 spiro atoms. The maximum absolute atomic E-state index is 11.2. The van der Waals surface area contributed by atoms with Crippen molar-refractivity contribution in [2.45, 2.75) is 32.1 Å². The van der Waals surface area contributed by atoms with Crippen molar-refractivity contribution < 1.29 is 19.8 Å². The second-order valence-electron chi connectivity index (χ2n) is 5.13. The Hall–Kier alpha value is -1.84. The molecule has 1 aliphatic rings. The van der Waals surface area contributed by atoms with Gasteiger partial charge in [-0.3, -0.25) is 9.59 Å². The maximum atomic E-state index is 11.2. The minimum absolute atomic E-state index is 0.323. The highest BCUT2D eigenvalue weighted by Crippen LogP contribution is 2.29. The lowest BCUT2D eigenvalue weighted by molar-refractivity contribution is -0.157. The highest BCUT2D eigenvalue weighted by atomic mass is 16.4. The molecule has 0 amide bonds. The lowest BCUT2D eigenvalue weighted by Gasteiger charge is -2.24. The Kier molecular flexibility index (Phi) is 4.20. The van der Waals surface area contributed by atoms with E-state index in [9.17, 15) is 9.59 Å². The Labute approximate surface area is 112 Å². The van der Waals surface area contributed by atoms with E-state index in [0.717, 1.165) is 24.8 Å². The molecule has 0 saturated heterocycles. The first-order chi connectivity index (χ1) is 9.09. The Bertz CT molecular complexity index is 467. The zero-order valence-electron chi connectivity index (χ0n) is 10.7. The molecule has 0 bridgehead atoms. The fourth-order valence-corrected chi connectivity index (χ4v) is 2.90. The smallest absolute Gasteiger partial charge is 0.318 e. The zero-order chi connectivity index (χ0) is 13.8. The Balaban J connectivity index is 2.28. The van der Waals surface area contributed by atoms with Crippen LogP contribution in [0, 0.1) is 11.8 Å². The quantitative estimate of drug-likeness (QED) is 0.820. The highest BCUT2D eigenvalue weighted by Gasteiger charge is 2.35. The predicted octanol–water partition coefficient (Wildman–Crippen LogP) is 2.36. The zero-order valence-corrected chi connectivity index (χ0v) is 10.7. The van der Waals surface area contributed by atoms with E-state index in [1.54, 1.807) is 0 Å². The highest BCUT2D eigenvalue weighted by molar-refractivity contribution is 5.93. The van der Waals surface area contributed by atoms with Gasteiger partial charge in [-0.05, 0) is 42.7 Å². The summed E-state index contributed by atoms with van der Waals surface area (Å²) in [7, 11) is 0. The van der Waals surface area contributed by atoms with Crippen LogP contribution in [0.5, 0.6) is 0 Å². The number of aliphatic carboxylic acids is 2. The second-order valence-corrected chi connectivity index (χ2v) is 5.13. The van der Waals surface area contributed by atoms with Gasteiger partial charge in [-0.25, -0.2) is 0 Å². The third kappa shape index (κ3) is 3.13. The first-order valence-electron chi connectivity index (χ1n) is 6.62. The van der Waals surface area contributed by atoms with Gasteiger partial charge in [0.15, 0.2) is 5.92 Å². The molecule has 0 saturated carbocycles. The lowest BCUT2D eigenvalue weighted by Crippen LogP contribution is -2.33. The van der Waals surface area contributed by atoms with E-state index < -0.39 is 17.9 Å². The number of carboxylic acids is 2. The van der Waals surface area contributed by atoms with Crippen LogP contribution < -0.4 is 0 Å². The minimum atomic E-state index is -1.30. The maximum Gasteiger partial charge on any atom is 0.318 e. The molecule has 0 aliphatic heterocycles. The molecular formula is C15H18O4. The van der Waals surface area contributed by atoms with Crippen molar-refractivity contribution in [2.75, 3.05) is 0 Å². The Morgan fingerprint density at radius 1 is 1.05 bits per heavy atom. The van der Waals surface area contributed by atoms with E-state index in [-0.39, 0.29) is 5.92 Å². The van der Waals surface area contributed by atoms with Gasteiger partial charge in [0, 0.05) is 0 Å². The van der Waals surface area contributed by atoms with Gasteiger partial charge in [-0.15, -0.1) is 0 Å². The van der Waals surface area contributed by atoms with Crippen molar-refractivity contribution in [3.8, 4) is 0 Å². The third-order valence-corrected chi connectivity index (χ3v) is 3.88. The molecule has 4 nitrogen and oxygen atoms in total. The van der Waals surface area contributed by atoms with Crippen LogP contribution in [0.25, 0.3) is 0 Å². The van der Waals surface area contributed by atoms with Gasteiger partial charge >= 0.3 is 11.9 Å². The average molecular weight is 262 g/mol. The van der Waals surface area contributed by atoms with Gasteiger partial charge in [-0.1, -0.05) is 30.7 Å².